The predicted octanol–water partition coefficient (Wildman–Crippen LogP) is 1.46. The second-order valence-electron chi connectivity index (χ2n) is 5.57. The molecule has 0 atom stereocenters. The number of nitrogens with one attached hydrogen (secondary N) is 2. The van der Waals surface area contributed by atoms with Crippen LogP contribution in [-0.2, 0) is 0 Å². The number of methoxy groups -OCH3 is 1. The third kappa shape index (κ3) is 5.22. The van der Waals surface area contributed by atoms with Crippen molar-refractivity contribution in [2.45, 2.75) is 12.8 Å². The number of amides is 1. The largest absolute Gasteiger partial charge is 0.497 e. The minimum Gasteiger partial charge on any atom is -0.497 e. The molecule has 0 aliphatic heterocycles. The summed E-state index contributed by atoms with van der Waals surface area (Å²) in [5.74, 6) is 0.865. The van der Waals surface area contributed by atoms with Gasteiger partial charge in [0.05, 0.1) is 32.1 Å². The Morgan fingerprint density at radius 2 is 1.82 bits per heavy atom. The summed E-state index contributed by atoms with van der Waals surface area (Å²) in [6.45, 7) is 0.744. The number of nitrogen functional groups attached to an aromatic ring is 1. The first-order chi connectivity index (χ1) is 13.6. The van der Waals surface area contributed by atoms with Crippen LogP contribution in [0.25, 0.3) is 0 Å². The Morgan fingerprint density at radius 1 is 1.18 bits per heavy atom. The average molecular weight is 380 g/mol. The average Bonchev–Trinajstić information content (AvgIpc) is 2.73. The molecule has 1 amide bonds. The van der Waals surface area contributed by atoms with Gasteiger partial charge in [0.2, 0.25) is 0 Å². The van der Waals surface area contributed by atoms with Crippen LogP contribution >= 0.6 is 0 Å². The minimum atomic E-state index is -0.381. The Hall–Kier alpha value is -4.05. The maximum Gasteiger partial charge on any atom is 0.269 e. The Labute approximate surface area is 162 Å². The molecule has 1 heterocycles. The molecule has 0 spiro atoms. The second-order valence-corrected chi connectivity index (χ2v) is 5.57. The molecule has 0 unspecified atom stereocenters. The maximum absolute atomic E-state index is 12.2. The van der Waals surface area contributed by atoms with Crippen molar-refractivity contribution in [2.24, 2.45) is 0 Å². The van der Waals surface area contributed by atoms with Crippen LogP contribution < -0.4 is 26.2 Å². The van der Waals surface area contributed by atoms with Crippen molar-refractivity contribution in [1.82, 2.24) is 15.4 Å². The highest BCUT2D eigenvalue weighted by atomic mass is 16.5. The van der Waals surface area contributed by atoms with Crippen LogP contribution in [0.1, 0.15) is 23.2 Å². The number of nitriles is 2. The number of benzene rings is 1. The zero-order valence-corrected chi connectivity index (χ0v) is 15.3. The summed E-state index contributed by atoms with van der Waals surface area (Å²) in [6, 6.07) is 10.7. The third-order valence-electron chi connectivity index (χ3n) is 3.80. The number of carbonyl (C=O) groups is 1. The van der Waals surface area contributed by atoms with Crippen molar-refractivity contribution >= 4 is 23.2 Å². The van der Waals surface area contributed by atoms with Crippen molar-refractivity contribution in [2.75, 3.05) is 36.3 Å². The second kappa shape index (κ2) is 10.2. The van der Waals surface area contributed by atoms with Gasteiger partial charge in [0, 0.05) is 18.7 Å². The molecule has 0 radical (unpaired) electrons. The summed E-state index contributed by atoms with van der Waals surface area (Å²) in [7, 11) is 1.54. The molecule has 0 saturated heterocycles. The monoisotopic (exact) mass is 380 g/mol. The summed E-state index contributed by atoms with van der Waals surface area (Å²) >= 11 is 0. The zero-order chi connectivity index (χ0) is 20.4. The van der Waals surface area contributed by atoms with E-state index in [0.29, 0.717) is 30.2 Å². The SMILES string of the molecule is COc1ccc(C(=O)NNc2ncnc(N(CCC#N)CCC#N)c2N)cc1. The Bertz CT molecular complexity index is 868. The van der Waals surface area contributed by atoms with Crippen LogP contribution in [0.15, 0.2) is 30.6 Å². The van der Waals surface area contributed by atoms with E-state index in [0.717, 1.165) is 0 Å². The van der Waals surface area contributed by atoms with Gasteiger partial charge in [-0.1, -0.05) is 0 Å². The van der Waals surface area contributed by atoms with Gasteiger partial charge in [0.1, 0.15) is 17.8 Å². The molecule has 0 saturated carbocycles. The smallest absolute Gasteiger partial charge is 0.269 e. The highest BCUT2D eigenvalue weighted by Crippen LogP contribution is 2.26. The summed E-state index contributed by atoms with van der Waals surface area (Å²) < 4.78 is 5.06. The topological polar surface area (TPSA) is 153 Å². The lowest BCUT2D eigenvalue weighted by Crippen LogP contribution is -2.31. The summed E-state index contributed by atoms with van der Waals surface area (Å²) in [4.78, 5) is 22.2. The Morgan fingerprint density at radius 3 is 2.39 bits per heavy atom. The van der Waals surface area contributed by atoms with Gasteiger partial charge in [0.15, 0.2) is 11.6 Å². The van der Waals surface area contributed by atoms with E-state index in [1.54, 1.807) is 36.3 Å². The van der Waals surface area contributed by atoms with Crippen LogP contribution in [0.3, 0.4) is 0 Å². The number of carbonyl (C=O) groups excluding carboxylic acids is 1. The molecule has 0 aliphatic rings. The van der Waals surface area contributed by atoms with E-state index in [1.807, 2.05) is 0 Å². The van der Waals surface area contributed by atoms with Crippen molar-refractivity contribution in [3.05, 3.63) is 36.2 Å². The highest BCUT2D eigenvalue weighted by Gasteiger charge is 2.16. The lowest BCUT2D eigenvalue weighted by atomic mass is 10.2. The van der Waals surface area contributed by atoms with E-state index < -0.39 is 0 Å². The van der Waals surface area contributed by atoms with Crippen molar-refractivity contribution in [1.29, 1.82) is 10.5 Å². The molecule has 4 N–H and O–H groups in total. The molecule has 0 aliphatic carbocycles. The van der Waals surface area contributed by atoms with Gasteiger partial charge in [0.25, 0.3) is 5.91 Å². The van der Waals surface area contributed by atoms with Crippen LogP contribution in [0.2, 0.25) is 0 Å². The number of nitrogens with zero attached hydrogens (tertiary/aromatic N) is 5. The number of aromatic nitrogens is 2. The molecule has 1 aromatic heterocycles. The van der Waals surface area contributed by atoms with Crippen molar-refractivity contribution < 1.29 is 9.53 Å². The lowest BCUT2D eigenvalue weighted by Gasteiger charge is -2.23. The van der Waals surface area contributed by atoms with Gasteiger partial charge in [-0.25, -0.2) is 9.97 Å². The molecule has 0 fully saturated rings. The fourth-order valence-corrected chi connectivity index (χ4v) is 2.36. The number of ether oxygens (including phenoxy) is 1. The summed E-state index contributed by atoms with van der Waals surface area (Å²) in [6.07, 6.45) is 1.80. The van der Waals surface area contributed by atoms with Gasteiger partial charge < -0.3 is 15.4 Å². The van der Waals surface area contributed by atoms with Crippen LogP contribution in [0.5, 0.6) is 5.75 Å². The fourth-order valence-electron chi connectivity index (χ4n) is 2.36. The molecule has 2 aromatic rings. The quantitative estimate of drug-likeness (QED) is 0.548. The Balaban J connectivity index is 2.11. The molecule has 2 rings (SSSR count). The van der Waals surface area contributed by atoms with Gasteiger partial charge in [-0.2, -0.15) is 10.5 Å². The lowest BCUT2D eigenvalue weighted by molar-refractivity contribution is 0.0962. The number of anilines is 3. The molecule has 10 heteroatoms. The third-order valence-corrected chi connectivity index (χ3v) is 3.80. The molecule has 0 bridgehead atoms. The number of rotatable bonds is 9. The minimum absolute atomic E-state index is 0.202. The number of hydrogen-bond acceptors (Lipinski definition) is 9. The fraction of sp³-hybridized carbons (Fsp3) is 0.278. The van der Waals surface area contributed by atoms with Crippen LogP contribution in [0, 0.1) is 22.7 Å². The number of hydrogen-bond donors (Lipinski definition) is 3. The zero-order valence-electron chi connectivity index (χ0n) is 15.3. The highest BCUT2D eigenvalue weighted by molar-refractivity contribution is 5.95. The van der Waals surface area contributed by atoms with E-state index in [9.17, 15) is 4.79 Å². The molecular formula is C18H20N8O2. The van der Waals surface area contributed by atoms with Gasteiger partial charge >= 0.3 is 0 Å². The Kier molecular flexibility index (Phi) is 7.37. The summed E-state index contributed by atoms with van der Waals surface area (Å²) in [5.41, 5.74) is 12.0. The maximum atomic E-state index is 12.2. The van der Waals surface area contributed by atoms with E-state index in [1.165, 1.54) is 6.33 Å². The van der Waals surface area contributed by atoms with Crippen LogP contribution in [0.4, 0.5) is 17.3 Å². The molecule has 1 aromatic carbocycles. The van der Waals surface area contributed by atoms with Crippen molar-refractivity contribution in [3.63, 3.8) is 0 Å². The first-order valence-corrected chi connectivity index (χ1v) is 8.40. The van der Waals surface area contributed by atoms with Gasteiger partial charge in [-0.15, -0.1) is 0 Å². The molecule has 144 valence electrons. The summed E-state index contributed by atoms with van der Waals surface area (Å²) in [5, 5.41) is 17.6. The standard InChI is InChI=1S/C18H20N8O2/c1-28-14-6-4-13(5-7-14)18(27)25-24-16-15(21)17(23-12-22-16)26(10-2-8-19)11-3-9-20/h4-7,12H,2-3,10-11,21H2,1H3,(H,25,27)(H,22,23,24). The normalized spacial score (nSPS) is 9.68. The van der Waals surface area contributed by atoms with Gasteiger partial charge in [-0.3, -0.25) is 15.6 Å². The van der Waals surface area contributed by atoms with E-state index >= 15 is 0 Å². The van der Waals surface area contributed by atoms with Gasteiger partial charge in [-0.05, 0) is 24.3 Å². The number of nitrogens with two attached hydrogens (primary N) is 1. The van der Waals surface area contributed by atoms with E-state index in [4.69, 9.17) is 21.0 Å². The first-order valence-electron chi connectivity index (χ1n) is 8.40. The van der Waals surface area contributed by atoms with Crippen molar-refractivity contribution in [3.8, 4) is 17.9 Å². The molecule has 28 heavy (non-hydrogen) atoms. The van der Waals surface area contributed by atoms with E-state index in [2.05, 4.69) is 33.0 Å². The molecule has 10 nitrogen and oxygen atoms in total. The first kappa shape index (κ1) is 20.3. The number of hydrazine groups is 1. The van der Waals surface area contributed by atoms with E-state index in [-0.39, 0.29) is 30.3 Å². The van der Waals surface area contributed by atoms with Crippen LogP contribution in [-0.4, -0.2) is 36.1 Å². The molecular weight excluding hydrogens is 360 g/mol. The predicted molar refractivity (Wildman–Crippen MR) is 103 cm³/mol.